The van der Waals surface area contributed by atoms with Gasteiger partial charge in [-0.15, -0.1) is 0 Å². The quantitative estimate of drug-likeness (QED) is 0.495. The van der Waals surface area contributed by atoms with Crippen LogP contribution in [0, 0.1) is 5.41 Å². The first kappa shape index (κ1) is 19.3. The van der Waals surface area contributed by atoms with Gasteiger partial charge in [0.2, 0.25) is 0 Å². The Morgan fingerprint density at radius 1 is 0.870 bits per heavy atom. The maximum atomic E-state index is 3.93. The molecule has 0 fully saturated rings. The van der Waals surface area contributed by atoms with Crippen molar-refractivity contribution < 1.29 is 0 Å². The third-order valence-electron chi connectivity index (χ3n) is 3.89. The van der Waals surface area contributed by atoms with Crippen LogP contribution in [0.4, 0.5) is 0 Å². The third kappa shape index (κ3) is 6.10. The van der Waals surface area contributed by atoms with Crippen molar-refractivity contribution >= 4 is 12.7 Å². The zero-order valence-corrected chi connectivity index (χ0v) is 15.6. The maximum Gasteiger partial charge on any atom is 0.191 e. The Morgan fingerprint density at radius 3 is 1.83 bits per heavy atom. The number of allylic oxidation sites excluding steroid dienone is 6. The number of rotatable bonds is 5. The number of hydrogen-bond donors (Lipinski definition) is 0. The molecule has 0 heterocycles. The Bertz CT molecular complexity index is 599. The van der Waals surface area contributed by atoms with Crippen molar-refractivity contribution in [1.29, 1.82) is 0 Å². The molecule has 23 heavy (non-hydrogen) atoms. The van der Waals surface area contributed by atoms with Gasteiger partial charge in [-0.2, -0.15) is 0 Å². The SMILES string of the molecule is C=C/C([B]c1ccc(C(C)(C)C)cc1)=C\C=C(/C=C)C(C)(C)C. The van der Waals surface area contributed by atoms with E-state index in [0.717, 1.165) is 5.47 Å². The Morgan fingerprint density at radius 2 is 1.43 bits per heavy atom. The standard InChI is InChI=1S/C22H30B/c1-9-17(21(3,4)5)11-14-19(10-2)23-20-15-12-18(13-16-20)22(6,7)8/h9-16H,1-2H2,3-8H3/b17-11+,19-14+. The minimum Gasteiger partial charge on any atom is -0.0996 e. The molecule has 0 bridgehead atoms. The van der Waals surface area contributed by atoms with Crippen molar-refractivity contribution in [1.82, 2.24) is 0 Å². The predicted molar refractivity (Wildman–Crippen MR) is 107 cm³/mol. The second-order valence-corrected chi connectivity index (χ2v) is 7.96. The molecule has 0 aromatic heterocycles. The summed E-state index contributed by atoms with van der Waals surface area (Å²) in [6.45, 7) is 21.1. The van der Waals surface area contributed by atoms with Crippen LogP contribution in [0.2, 0.25) is 0 Å². The van der Waals surface area contributed by atoms with Gasteiger partial charge in [0.25, 0.3) is 0 Å². The minimum atomic E-state index is 0.0961. The van der Waals surface area contributed by atoms with Crippen molar-refractivity contribution in [2.75, 3.05) is 0 Å². The van der Waals surface area contributed by atoms with E-state index in [1.54, 1.807) is 0 Å². The zero-order chi connectivity index (χ0) is 17.7. The molecule has 0 aliphatic carbocycles. The van der Waals surface area contributed by atoms with Crippen LogP contribution in [0.1, 0.15) is 47.1 Å². The normalized spacial score (nSPS) is 13.7. The molecule has 0 atom stereocenters. The molecule has 0 N–H and O–H groups in total. The van der Waals surface area contributed by atoms with Gasteiger partial charge in [-0.05, 0) is 22.0 Å². The van der Waals surface area contributed by atoms with Crippen LogP contribution in [-0.4, -0.2) is 7.28 Å². The van der Waals surface area contributed by atoms with E-state index in [0.29, 0.717) is 0 Å². The van der Waals surface area contributed by atoms with Gasteiger partial charge in [0.1, 0.15) is 0 Å². The van der Waals surface area contributed by atoms with Gasteiger partial charge in [-0.3, -0.25) is 0 Å². The summed E-state index contributed by atoms with van der Waals surface area (Å²) in [5, 5.41) is 0. The summed E-state index contributed by atoms with van der Waals surface area (Å²) in [6.07, 6.45) is 8.05. The van der Waals surface area contributed by atoms with Crippen molar-refractivity contribution in [2.24, 2.45) is 5.41 Å². The Hall–Kier alpha value is -1.76. The molecule has 1 aromatic carbocycles. The monoisotopic (exact) mass is 305 g/mol. The highest BCUT2D eigenvalue weighted by Gasteiger charge is 2.14. The molecule has 0 aliphatic heterocycles. The first-order valence-electron chi connectivity index (χ1n) is 8.20. The van der Waals surface area contributed by atoms with E-state index in [1.165, 1.54) is 16.6 Å². The molecule has 1 radical (unpaired) electrons. The molecule has 0 amide bonds. The lowest BCUT2D eigenvalue weighted by molar-refractivity contribution is 0.517. The third-order valence-corrected chi connectivity index (χ3v) is 3.89. The van der Waals surface area contributed by atoms with Crippen LogP contribution >= 0.6 is 0 Å². The van der Waals surface area contributed by atoms with Crippen LogP contribution < -0.4 is 5.46 Å². The Kier molecular flexibility index (Phi) is 6.44. The van der Waals surface area contributed by atoms with Gasteiger partial charge in [-0.25, -0.2) is 0 Å². The molecule has 1 rings (SSSR count). The van der Waals surface area contributed by atoms with Gasteiger partial charge in [0, 0.05) is 0 Å². The molecule has 0 nitrogen and oxygen atoms in total. The van der Waals surface area contributed by atoms with E-state index in [-0.39, 0.29) is 10.8 Å². The summed E-state index contributed by atoms with van der Waals surface area (Å²) in [5.74, 6) is 0. The minimum absolute atomic E-state index is 0.0961. The Balaban J connectivity index is 2.96. The highest BCUT2D eigenvalue weighted by molar-refractivity contribution is 6.61. The summed E-state index contributed by atoms with van der Waals surface area (Å²) in [6, 6.07) is 8.74. The summed E-state index contributed by atoms with van der Waals surface area (Å²) in [5.41, 5.74) is 5.13. The average Bonchev–Trinajstić information content (AvgIpc) is 2.44. The van der Waals surface area contributed by atoms with Gasteiger partial charge in [0.05, 0.1) is 0 Å². The lowest BCUT2D eigenvalue weighted by Gasteiger charge is -2.19. The number of hydrogen-bond acceptors (Lipinski definition) is 0. The topological polar surface area (TPSA) is 0 Å². The van der Waals surface area contributed by atoms with E-state index in [4.69, 9.17) is 0 Å². The molecule has 0 saturated heterocycles. The first-order valence-corrected chi connectivity index (χ1v) is 8.20. The maximum absolute atomic E-state index is 3.93. The molecule has 0 aliphatic rings. The van der Waals surface area contributed by atoms with E-state index >= 15 is 0 Å². The zero-order valence-electron chi connectivity index (χ0n) is 15.6. The van der Waals surface area contributed by atoms with Gasteiger partial charge >= 0.3 is 0 Å². The van der Waals surface area contributed by atoms with Crippen molar-refractivity contribution in [3.8, 4) is 0 Å². The number of benzene rings is 1. The van der Waals surface area contributed by atoms with Crippen molar-refractivity contribution in [2.45, 2.75) is 47.0 Å². The van der Waals surface area contributed by atoms with E-state index < -0.39 is 0 Å². The second-order valence-electron chi connectivity index (χ2n) is 7.96. The lowest BCUT2D eigenvalue weighted by atomic mass is 9.62. The smallest absolute Gasteiger partial charge is 0.0996 e. The second kappa shape index (κ2) is 7.68. The van der Waals surface area contributed by atoms with Crippen molar-refractivity contribution in [3.63, 3.8) is 0 Å². The Labute approximate surface area is 143 Å². The van der Waals surface area contributed by atoms with Crippen LogP contribution in [0.3, 0.4) is 0 Å². The molecule has 1 aromatic rings. The highest BCUT2D eigenvalue weighted by Crippen LogP contribution is 2.26. The first-order chi connectivity index (χ1) is 10.6. The fourth-order valence-electron chi connectivity index (χ4n) is 2.26. The molecule has 1 heteroatoms. The van der Waals surface area contributed by atoms with Crippen LogP contribution in [0.5, 0.6) is 0 Å². The summed E-state index contributed by atoms with van der Waals surface area (Å²) in [7, 11) is 2.15. The van der Waals surface area contributed by atoms with E-state index in [2.05, 4.69) is 98.4 Å². The largest absolute Gasteiger partial charge is 0.191 e. The van der Waals surface area contributed by atoms with Gasteiger partial charge in [0.15, 0.2) is 7.28 Å². The molecular formula is C22H30B. The molecule has 121 valence electrons. The molecular weight excluding hydrogens is 275 g/mol. The van der Waals surface area contributed by atoms with E-state index in [9.17, 15) is 0 Å². The highest BCUT2D eigenvalue weighted by atomic mass is 14.2. The van der Waals surface area contributed by atoms with Gasteiger partial charge < -0.3 is 0 Å². The van der Waals surface area contributed by atoms with Crippen LogP contribution in [-0.2, 0) is 5.41 Å². The average molecular weight is 305 g/mol. The summed E-state index contributed by atoms with van der Waals surface area (Å²) < 4.78 is 0. The van der Waals surface area contributed by atoms with Gasteiger partial charge in [-0.1, -0.05) is 114 Å². The van der Waals surface area contributed by atoms with E-state index in [1.807, 2.05) is 12.2 Å². The predicted octanol–water partition coefficient (Wildman–Crippen LogP) is 5.54. The van der Waals surface area contributed by atoms with Crippen LogP contribution in [0.25, 0.3) is 0 Å². The summed E-state index contributed by atoms with van der Waals surface area (Å²) >= 11 is 0. The molecule has 0 saturated carbocycles. The molecule has 0 spiro atoms. The lowest BCUT2D eigenvalue weighted by Crippen LogP contribution is -2.18. The molecule has 0 unspecified atom stereocenters. The van der Waals surface area contributed by atoms with Crippen LogP contribution in [0.15, 0.2) is 72.8 Å². The summed E-state index contributed by atoms with van der Waals surface area (Å²) in [4.78, 5) is 0. The fraction of sp³-hybridized carbons (Fsp3) is 0.364. The van der Waals surface area contributed by atoms with Crippen molar-refractivity contribution in [3.05, 3.63) is 78.3 Å². The fourth-order valence-corrected chi connectivity index (χ4v) is 2.26.